The first kappa shape index (κ1) is 19.8. The van der Waals surface area contributed by atoms with E-state index >= 15 is 0 Å². The molecule has 2 aliphatic rings. The van der Waals surface area contributed by atoms with Gasteiger partial charge in [0.15, 0.2) is 11.5 Å². The zero-order valence-corrected chi connectivity index (χ0v) is 16.8. The molecule has 9 heteroatoms. The number of carbonyl (C=O) groups is 1. The lowest BCUT2D eigenvalue weighted by Crippen LogP contribution is -2.32. The molecule has 150 valence electrons. The molecule has 0 saturated carbocycles. The molecule has 1 aromatic rings. The molecular formula is C18H27N3O5S. The lowest BCUT2D eigenvalue weighted by Gasteiger charge is -2.22. The molecule has 0 spiro atoms. The van der Waals surface area contributed by atoms with Crippen molar-refractivity contribution in [3.63, 3.8) is 0 Å². The summed E-state index contributed by atoms with van der Waals surface area (Å²) in [6.45, 7) is 3.44. The van der Waals surface area contributed by atoms with Crippen LogP contribution in [0.3, 0.4) is 0 Å². The number of sulfonamides is 1. The van der Waals surface area contributed by atoms with Crippen molar-refractivity contribution in [1.29, 1.82) is 0 Å². The minimum Gasteiger partial charge on any atom is -0.493 e. The highest BCUT2D eigenvalue weighted by atomic mass is 32.2. The Morgan fingerprint density at radius 2 is 1.78 bits per heavy atom. The van der Waals surface area contributed by atoms with Gasteiger partial charge < -0.3 is 19.7 Å². The third-order valence-corrected chi connectivity index (χ3v) is 5.92. The number of methoxy groups -OCH3 is 2. The molecule has 2 atom stereocenters. The smallest absolute Gasteiger partial charge is 0.254 e. The van der Waals surface area contributed by atoms with E-state index in [1.165, 1.54) is 20.3 Å². The minimum atomic E-state index is -3.54. The number of rotatable bonds is 5. The highest BCUT2D eigenvalue weighted by molar-refractivity contribution is 7.92. The maximum Gasteiger partial charge on any atom is 0.254 e. The summed E-state index contributed by atoms with van der Waals surface area (Å²) in [7, 11) is -0.656. The third kappa shape index (κ3) is 4.47. The molecule has 8 nitrogen and oxygen atoms in total. The van der Waals surface area contributed by atoms with Gasteiger partial charge in [0.25, 0.3) is 5.91 Å². The summed E-state index contributed by atoms with van der Waals surface area (Å²) in [6.07, 6.45) is 3.01. The summed E-state index contributed by atoms with van der Waals surface area (Å²) < 4.78 is 36.4. The monoisotopic (exact) mass is 397 g/mol. The van der Waals surface area contributed by atoms with Gasteiger partial charge in [-0.1, -0.05) is 0 Å². The standard InChI is InChI=1S/C18H27N3O5S/c1-25-16-9-14(8-15(17(16)26-2)20-27(3,23)24)18(22)21-6-4-12-10-19-11-13(12)5-7-21/h8-9,12-13,19-20H,4-7,10-11H2,1-3H3/t12-,13+. The maximum absolute atomic E-state index is 13.1. The summed E-state index contributed by atoms with van der Waals surface area (Å²) in [5.41, 5.74) is 0.572. The van der Waals surface area contributed by atoms with Gasteiger partial charge in [0, 0.05) is 18.7 Å². The number of benzene rings is 1. The van der Waals surface area contributed by atoms with E-state index in [0.717, 1.165) is 32.2 Å². The number of nitrogens with zero attached hydrogens (tertiary/aromatic N) is 1. The van der Waals surface area contributed by atoms with Gasteiger partial charge >= 0.3 is 0 Å². The van der Waals surface area contributed by atoms with Crippen LogP contribution in [-0.2, 0) is 10.0 Å². The number of hydrogen-bond donors (Lipinski definition) is 2. The Kier molecular flexibility index (Phi) is 5.81. The molecule has 0 aliphatic carbocycles. The molecule has 2 aliphatic heterocycles. The summed E-state index contributed by atoms with van der Waals surface area (Å²) in [5, 5.41) is 3.43. The SMILES string of the molecule is COc1cc(C(=O)N2CC[C@@H]3CNC[C@@H]3CC2)cc(NS(C)(=O)=O)c1OC. The molecule has 2 heterocycles. The highest BCUT2D eigenvalue weighted by Gasteiger charge is 2.32. The second-order valence-electron chi connectivity index (χ2n) is 7.18. The first-order valence-corrected chi connectivity index (χ1v) is 11.0. The fourth-order valence-corrected chi connectivity index (χ4v) is 4.52. The normalized spacial score (nSPS) is 22.7. The molecule has 2 saturated heterocycles. The fourth-order valence-electron chi connectivity index (χ4n) is 3.97. The maximum atomic E-state index is 13.1. The Balaban J connectivity index is 1.88. The van der Waals surface area contributed by atoms with Gasteiger partial charge in [-0.25, -0.2) is 8.42 Å². The first-order valence-electron chi connectivity index (χ1n) is 9.06. The van der Waals surface area contributed by atoms with Gasteiger partial charge in [-0.15, -0.1) is 0 Å². The third-order valence-electron chi connectivity index (χ3n) is 5.33. The van der Waals surface area contributed by atoms with E-state index in [1.54, 1.807) is 6.07 Å². The topological polar surface area (TPSA) is 97.0 Å². The van der Waals surface area contributed by atoms with E-state index in [-0.39, 0.29) is 17.3 Å². The molecule has 0 unspecified atom stereocenters. The number of nitrogens with one attached hydrogen (secondary N) is 2. The summed E-state index contributed by atoms with van der Waals surface area (Å²) in [4.78, 5) is 14.9. The zero-order chi connectivity index (χ0) is 19.6. The van der Waals surface area contributed by atoms with Crippen molar-refractivity contribution >= 4 is 21.6 Å². The molecule has 2 N–H and O–H groups in total. The Morgan fingerprint density at radius 1 is 1.15 bits per heavy atom. The van der Waals surface area contributed by atoms with Crippen molar-refractivity contribution in [2.75, 3.05) is 51.4 Å². The Morgan fingerprint density at radius 3 is 2.30 bits per heavy atom. The predicted octanol–water partition coefficient (Wildman–Crippen LogP) is 1.15. The molecule has 0 bridgehead atoms. The zero-order valence-electron chi connectivity index (χ0n) is 15.9. The fraction of sp³-hybridized carbons (Fsp3) is 0.611. The van der Waals surface area contributed by atoms with Crippen LogP contribution in [-0.4, -0.2) is 65.9 Å². The molecule has 2 fully saturated rings. The summed E-state index contributed by atoms with van der Waals surface area (Å²) in [5.74, 6) is 1.67. The number of likely N-dealkylation sites (tertiary alicyclic amines) is 1. The average molecular weight is 397 g/mol. The quantitative estimate of drug-likeness (QED) is 0.774. The minimum absolute atomic E-state index is 0.125. The van der Waals surface area contributed by atoms with Crippen molar-refractivity contribution < 1.29 is 22.7 Å². The van der Waals surface area contributed by atoms with Crippen molar-refractivity contribution in [2.24, 2.45) is 11.8 Å². The van der Waals surface area contributed by atoms with Crippen LogP contribution >= 0.6 is 0 Å². The van der Waals surface area contributed by atoms with Crippen molar-refractivity contribution in [1.82, 2.24) is 10.2 Å². The highest BCUT2D eigenvalue weighted by Crippen LogP contribution is 2.38. The van der Waals surface area contributed by atoms with E-state index in [4.69, 9.17) is 9.47 Å². The number of fused-ring (bicyclic) bond motifs is 1. The van der Waals surface area contributed by atoms with Crippen molar-refractivity contribution in [3.05, 3.63) is 17.7 Å². The van der Waals surface area contributed by atoms with E-state index in [1.807, 2.05) is 4.90 Å². The first-order chi connectivity index (χ1) is 12.8. The van der Waals surface area contributed by atoms with Crippen LogP contribution in [0.15, 0.2) is 12.1 Å². The number of ether oxygens (including phenoxy) is 2. The van der Waals surface area contributed by atoms with Crippen LogP contribution < -0.4 is 19.5 Å². The van der Waals surface area contributed by atoms with Crippen molar-refractivity contribution in [2.45, 2.75) is 12.8 Å². The predicted molar refractivity (Wildman–Crippen MR) is 103 cm³/mol. The van der Waals surface area contributed by atoms with E-state index < -0.39 is 10.0 Å². The number of anilines is 1. The van der Waals surface area contributed by atoms with Gasteiger partial charge in [-0.05, 0) is 49.9 Å². The van der Waals surface area contributed by atoms with Gasteiger partial charge in [0.2, 0.25) is 10.0 Å². The molecule has 0 aromatic heterocycles. The number of amides is 1. The number of carbonyl (C=O) groups excluding carboxylic acids is 1. The summed E-state index contributed by atoms with van der Waals surface area (Å²) >= 11 is 0. The van der Waals surface area contributed by atoms with Crippen LogP contribution in [0.2, 0.25) is 0 Å². The second-order valence-corrected chi connectivity index (χ2v) is 8.93. The lowest BCUT2D eigenvalue weighted by atomic mass is 9.92. The van der Waals surface area contributed by atoms with Gasteiger partial charge in [0.05, 0.1) is 26.2 Å². The molecular weight excluding hydrogens is 370 g/mol. The summed E-state index contributed by atoms with van der Waals surface area (Å²) in [6, 6.07) is 3.11. The van der Waals surface area contributed by atoms with Crippen molar-refractivity contribution in [3.8, 4) is 11.5 Å². The Hall–Kier alpha value is -2.00. The average Bonchev–Trinajstić information content (AvgIpc) is 2.97. The van der Waals surface area contributed by atoms with Crippen LogP contribution in [0, 0.1) is 11.8 Å². The van der Waals surface area contributed by atoms with Crippen LogP contribution in [0.4, 0.5) is 5.69 Å². The molecule has 27 heavy (non-hydrogen) atoms. The lowest BCUT2D eigenvalue weighted by molar-refractivity contribution is 0.0758. The Labute approximate surface area is 160 Å². The van der Waals surface area contributed by atoms with Gasteiger partial charge in [0.1, 0.15) is 0 Å². The van der Waals surface area contributed by atoms with Crippen LogP contribution in [0.5, 0.6) is 11.5 Å². The van der Waals surface area contributed by atoms with Crippen LogP contribution in [0.1, 0.15) is 23.2 Å². The molecule has 3 rings (SSSR count). The molecule has 1 amide bonds. The molecule has 1 aromatic carbocycles. The van der Waals surface area contributed by atoms with Gasteiger partial charge in [-0.3, -0.25) is 9.52 Å². The second kappa shape index (κ2) is 7.93. The number of hydrogen-bond acceptors (Lipinski definition) is 6. The largest absolute Gasteiger partial charge is 0.493 e. The van der Waals surface area contributed by atoms with E-state index in [2.05, 4.69) is 10.0 Å². The van der Waals surface area contributed by atoms with Gasteiger partial charge in [-0.2, -0.15) is 0 Å². The van der Waals surface area contributed by atoms with Crippen LogP contribution in [0.25, 0.3) is 0 Å². The van der Waals surface area contributed by atoms with E-state index in [0.29, 0.717) is 36.2 Å². The van der Waals surface area contributed by atoms with E-state index in [9.17, 15) is 13.2 Å². The Bertz CT molecular complexity index is 797. The molecule has 0 radical (unpaired) electrons.